The number of rotatable bonds is 4. The van der Waals surface area contributed by atoms with Gasteiger partial charge in [0.2, 0.25) is 0 Å². The normalized spacial score (nSPS) is 12.7. The predicted octanol–water partition coefficient (Wildman–Crippen LogP) is 3.82. The van der Waals surface area contributed by atoms with E-state index in [0.717, 1.165) is 30.3 Å². The van der Waals surface area contributed by atoms with E-state index < -0.39 is 39.2 Å². The van der Waals surface area contributed by atoms with Crippen molar-refractivity contribution in [1.29, 1.82) is 0 Å². The number of halogens is 6. The Morgan fingerprint density at radius 3 is 2.10 bits per heavy atom. The molecule has 0 N–H and O–H groups in total. The van der Waals surface area contributed by atoms with Crippen LogP contribution in [-0.4, -0.2) is 30.1 Å². The van der Waals surface area contributed by atoms with E-state index in [9.17, 15) is 39.6 Å². The predicted molar refractivity (Wildman–Crippen MR) is 94.4 cm³/mol. The molecule has 0 radical (unpaired) electrons. The van der Waals surface area contributed by atoms with Gasteiger partial charge in [-0.05, 0) is 43.3 Å². The van der Waals surface area contributed by atoms with Gasteiger partial charge in [-0.2, -0.15) is 26.3 Å². The number of alkyl halides is 6. The topological polar surface area (TPSA) is 87.5 Å². The van der Waals surface area contributed by atoms with Crippen molar-refractivity contribution in [2.75, 3.05) is 0 Å². The summed E-state index contributed by atoms with van der Waals surface area (Å²) in [5.74, 6) is -1.67. The molecule has 0 amide bonds. The standard InChI is InChI=1S/C17H10F6N2O5S/c1-9-2-7-12-13(8-9)15(26)25(24-14(12)30-31(27,28)17(21,22)23)10-3-5-11(6-4-10)29-16(18,19)20/h2-8H,1H3. The van der Waals surface area contributed by atoms with Crippen LogP contribution >= 0.6 is 0 Å². The Kier molecular flexibility index (Phi) is 5.38. The summed E-state index contributed by atoms with van der Waals surface area (Å²) in [6, 6.07) is 7.44. The molecule has 0 aliphatic heterocycles. The zero-order chi connectivity index (χ0) is 23.2. The zero-order valence-corrected chi connectivity index (χ0v) is 16.0. The van der Waals surface area contributed by atoms with Crippen LogP contribution in [0.3, 0.4) is 0 Å². The number of aromatic nitrogens is 2. The minimum absolute atomic E-state index is 0.183. The van der Waals surface area contributed by atoms with Crippen LogP contribution in [0.25, 0.3) is 16.5 Å². The van der Waals surface area contributed by atoms with Crippen LogP contribution in [0, 0.1) is 6.92 Å². The summed E-state index contributed by atoms with van der Waals surface area (Å²) in [4.78, 5) is 12.8. The van der Waals surface area contributed by atoms with E-state index in [0.29, 0.717) is 10.2 Å². The van der Waals surface area contributed by atoms with Crippen molar-refractivity contribution < 1.29 is 43.7 Å². The van der Waals surface area contributed by atoms with Crippen LogP contribution in [0.1, 0.15) is 5.56 Å². The maximum Gasteiger partial charge on any atom is 0.573 e. The average Bonchev–Trinajstić information content (AvgIpc) is 2.62. The monoisotopic (exact) mass is 468 g/mol. The third-order valence-electron chi connectivity index (χ3n) is 3.81. The molecule has 0 fully saturated rings. The second kappa shape index (κ2) is 7.44. The van der Waals surface area contributed by atoms with Gasteiger partial charge < -0.3 is 8.92 Å². The molecule has 31 heavy (non-hydrogen) atoms. The average molecular weight is 468 g/mol. The number of hydrogen-bond acceptors (Lipinski definition) is 6. The maximum atomic E-state index is 12.8. The fraction of sp³-hybridized carbons (Fsp3) is 0.176. The molecule has 0 bridgehead atoms. The van der Waals surface area contributed by atoms with Crippen LogP contribution in [-0.2, 0) is 10.1 Å². The number of nitrogens with zero attached hydrogens (tertiary/aromatic N) is 2. The van der Waals surface area contributed by atoms with Crippen molar-refractivity contribution in [3.05, 3.63) is 58.4 Å². The zero-order valence-electron chi connectivity index (χ0n) is 15.2. The number of aryl methyl sites for hydroxylation is 1. The van der Waals surface area contributed by atoms with Gasteiger partial charge in [0.05, 0.1) is 16.5 Å². The van der Waals surface area contributed by atoms with E-state index >= 15 is 0 Å². The summed E-state index contributed by atoms with van der Waals surface area (Å²) < 4.78 is 106. The number of fused-ring (bicyclic) bond motifs is 1. The molecule has 0 saturated carbocycles. The highest BCUT2D eigenvalue weighted by Gasteiger charge is 2.49. The largest absolute Gasteiger partial charge is 0.573 e. The SMILES string of the molecule is Cc1ccc2c(OS(=O)(=O)C(F)(F)F)nn(-c3ccc(OC(F)(F)F)cc3)c(=O)c2c1. The highest BCUT2D eigenvalue weighted by atomic mass is 32.2. The lowest BCUT2D eigenvalue weighted by atomic mass is 10.1. The molecule has 166 valence electrons. The number of benzene rings is 2. The van der Waals surface area contributed by atoms with Crippen LogP contribution in [0.4, 0.5) is 26.3 Å². The Balaban J connectivity index is 2.19. The summed E-state index contributed by atoms with van der Waals surface area (Å²) >= 11 is 0. The van der Waals surface area contributed by atoms with E-state index in [2.05, 4.69) is 14.0 Å². The first-order valence-electron chi connectivity index (χ1n) is 8.08. The number of hydrogen-bond donors (Lipinski definition) is 0. The van der Waals surface area contributed by atoms with Gasteiger partial charge in [-0.25, -0.2) is 0 Å². The molecule has 3 rings (SSSR count). The highest BCUT2D eigenvalue weighted by molar-refractivity contribution is 7.88. The molecule has 14 heteroatoms. The summed E-state index contributed by atoms with van der Waals surface area (Å²) in [5.41, 5.74) is -6.30. The molecular formula is C17H10F6N2O5S. The third-order valence-corrected chi connectivity index (χ3v) is 4.75. The molecule has 7 nitrogen and oxygen atoms in total. The molecule has 1 aromatic heterocycles. The molecular weight excluding hydrogens is 458 g/mol. The first kappa shape index (κ1) is 22.4. The van der Waals surface area contributed by atoms with Crippen LogP contribution in [0.15, 0.2) is 47.3 Å². The molecule has 0 spiro atoms. The van der Waals surface area contributed by atoms with Gasteiger partial charge in [-0.15, -0.1) is 18.3 Å². The molecule has 1 heterocycles. The lowest BCUT2D eigenvalue weighted by Crippen LogP contribution is -2.30. The quantitative estimate of drug-likeness (QED) is 0.329. The molecule has 0 atom stereocenters. The van der Waals surface area contributed by atoms with Crippen molar-refractivity contribution >= 4 is 20.9 Å². The lowest BCUT2D eigenvalue weighted by Gasteiger charge is -2.14. The molecule has 0 aliphatic carbocycles. The van der Waals surface area contributed by atoms with Crippen molar-refractivity contribution in [3.8, 4) is 17.3 Å². The molecule has 0 unspecified atom stereocenters. The Hall–Kier alpha value is -3.29. The van der Waals surface area contributed by atoms with Gasteiger partial charge in [0, 0.05) is 0 Å². The molecule has 0 saturated heterocycles. The van der Waals surface area contributed by atoms with Crippen molar-refractivity contribution in [1.82, 2.24) is 9.78 Å². The molecule has 2 aromatic carbocycles. The Morgan fingerprint density at radius 2 is 1.55 bits per heavy atom. The second-order valence-corrected chi connectivity index (χ2v) is 7.63. The van der Waals surface area contributed by atoms with Crippen LogP contribution in [0.2, 0.25) is 0 Å². The van der Waals surface area contributed by atoms with E-state index in [4.69, 9.17) is 0 Å². The van der Waals surface area contributed by atoms with Crippen LogP contribution in [0.5, 0.6) is 11.6 Å². The van der Waals surface area contributed by atoms with Gasteiger partial charge in [0.15, 0.2) is 0 Å². The van der Waals surface area contributed by atoms with Gasteiger partial charge in [-0.1, -0.05) is 11.6 Å². The van der Waals surface area contributed by atoms with E-state index in [1.807, 2.05) is 0 Å². The van der Waals surface area contributed by atoms with Gasteiger partial charge in [0.25, 0.3) is 11.4 Å². The fourth-order valence-corrected chi connectivity index (χ4v) is 2.93. The molecule has 0 aliphatic rings. The first-order valence-corrected chi connectivity index (χ1v) is 9.49. The first-order chi connectivity index (χ1) is 14.2. The Bertz CT molecular complexity index is 1300. The second-order valence-electron chi connectivity index (χ2n) is 6.10. The lowest BCUT2D eigenvalue weighted by molar-refractivity contribution is -0.274. The maximum absolute atomic E-state index is 12.8. The molecule has 3 aromatic rings. The van der Waals surface area contributed by atoms with E-state index in [1.54, 1.807) is 6.92 Å². The minimum atomic E-state index is -6.11. The fourth-order valence-electron chi connectivity index (χ4n) is 2.50. The van der Waals surface area contributed by atoms with E-state index in [1.165, 1.54) is 12.1 Å². The van der Waals surface area contributed by atoms with Gasteiger partial charge in [-0.3, -0.25) is 4.79 Å². The Labute approximate surface area is 169 Å². The summed E-state index contributed by atoms with van der Waals surface area (Å²) in [6.45, 7) is 1.57. The summed E-state index contributed by atoms with van der Waals surface area (Å²) in [5, 5.41) is 3.01. The van der Waals surface area contributed by atoms with Crippen molar-refractivity contribution in [2.24, 2.45) is 0 Å². The Morgan fingerprint density at radius 1 is 0.935 bits per heavy atom. The highest BCUT2D eigenvalue weighted by Crippen LogP contribution is 2.30. The van der Waals surface area contributed by atoms with Crippen molar-refractivity contribution in [2.45, 2.75) is 18.8 Å². The third kappa shape index (κ3) is 4.73. The van der Waals surface area contributed by atoms with Gasteiger partial charge >= 0.3 is 22.0 Å². The van der Waals surface area contributed by atoms with Crippen LogP contribution < -0.4 is 14.5 Å². The van der Waals surface area contributed by atoms with Gasteiger partial charge in [0.1, 0.15) is 5.75 Å². The smallest absolute Gasteiger partial charge is 0.406 e. The van der Waals surface area contributed by atoms with E-state index in [-0.39, 0.29) is 16.5 Å². The minimum Gasteiger partial charge on any atom is -0.406 e. The summed E-state index contributed by atoms with van der Waals surface area (Å²) in [7, 11) is -6.11. The summed E-state index contributed by atoms with van der Waals surface area (Å²) in [6.07, 6.45) is -4.97. The van der Waals surface area contributed by atoms with Crippen molar-refractivity contribution in [3.63, 3.8) is 0 Å². The number of ether oxygens (including phenoxy) is 1.